The number of allylic oxidation sites excluding steroid dienone is 1. The van der Waals surface area contributed by atoms with E-state index in [0.717, 1.165) is 5.56 Å². The van der Waals surface area contributed by atoms with E-state index in [1.807, 2.05) is 39.0 Å². The highest BCUT2D eigenvalue weighted by atomic mass is 16.5. The largest absolute Gasteiger partial charge is 0.464 e. The number of esters is 2. The smallest absolute Gasteiger partial charge is 0.334 e. The van der Waals surface area contributed by atoms with Crippen molar-refractivity contribution < 1.29 is 43.0 Å². The Kier molecular flexibility index (Phi) is 17.7. The topological polar surface area (TPSA) is 172 Å². The number of benzene rings is 1. The van der Waals surface area contributed by atoms with Crippen molar-refractivity contribution in [2.45, 2.75) is 111 Å². The molecule has 1 heterocycles. The minimum Gasteiger partial charge on any atom is -0.464 e. The van der Waals surface area contributed by atoms with Gasteiger partial charge in [-0.05, 0) is 57.4 Å². The fourth-order valence-corrected chi connectivity index (χ4v) is 5.71. The summed E-state index contributed by atoms with van der Waals surface area (Å²) in [5.41, 5.74) is 1.02. The van der Waals surface area contributed by atoms with Gasteiger partial charge in [0.25, 0.3) is 5.91 Å². The molecule has 14 nitrogen and oxygen atoms in total. The predicted molar refractivity (Wildman–Crippen MR) is 199 cm³/mol. The zero-order valence-electron chi connectivity index (χ0n) is 33.0. The molecule has 0 aliphatic carbocycles. The van der Waals surface area contributed by atoms with Gasteiger partial charge in [0.1, 0.15) is 24.2 Å². The quantitative estimate of drug-likeness (QED) is 0.416. The minimum atomic E-state index is -1.19. The lowest BCUT2D eigenvalue weighted by atomic mass is 9.97. The van der Waals surface area contributed by atoms with Gasteiger partial charge >= 0.3 is 11.9 Å². The van der Waals surface area contributed by atoms with E-state index in [-0.39, 0.29) is 36.9 Å². The molecule has 294 valence electrons. The van der Waals surface area contributed by atoms with E-state index in [2.05, 4.69) is 10.6 Å². The number of carbonyl (C=O) groups excluding carboxylic acids is 7. The summed E-state index contributed by atoms with van der Waals surface area (Å²) >= 11 is 0. The SMILES string of the molecule is CCC(C)[C@@H]1NC(=O)CN(C)C(=O)[C@@H](Cc2ccccc2)N(C)C(=O)[C@H](C)NC(=O)C(CC(C)C)OC(=O)/C(C)=C/CCCOC(=O)[C@H](C)N(C)C1=O. The number of cyclic esters (lactones) is 2. The number of likely N-dealkylation sites (N-methyl/N-ethyl adjacent to an activating group) is 3. The Morgan fingerprint density at radius 3 is 2.11 bits per heavy atom. The first-order valence-electron chi connectivity index (χ1n) is 18.4. The molecule has 5 amide bonds. The maximum absolute atomic E-state index is 14.0. The lowest BCUT2D eigenvalue weighted by Crippen LogP contribution is -2.57. The number of nitrogens with one attached hydrogen (secondary N) is 2. The third-order valence-corrected chi connectivity index (χ3v) is 9.52. The molecule has 0 fully saturated rings. The monoisotopic (exact) mass is 741 g/mol. The van der Waals surface area contributed by atoms with Gasteiger partial charge < -0.3 is 34.8 Å². The highest BCUT2D eigenvalue weighted by molar-refractivity contribution is 5.96. The van der Waals surface area contributed by atoms with Crippen molar-refractivity contribution in [3.8, 4) is 0 Å². The normalized spacial score (nSPS) is 26.1. The second-order valence-electron chi connectivity index (χ2n) is 14.4. The van der Waals surface area contributed by atoms with E-state index in [4.69, 9.17) is 9.47 Å². The fourth-order valence-electron chi connectivity index (χ4n) is 5.71. The van der Waals surface area contributed by atoms with Crippen LogP contribution in [0.5, 0.6) is 0 Å². The molecule has 0 radical (unpaired) electrons. The van der Waals surface area contributed by atoms with Crippen LogP contribution < -0.4 is 10.6 Å². The third kappa shape index (κ3) is 13.3. The van der Waals surface area contributed by atoms with Crippen molar-refractivity contribution in [3.05, 3.63) is 47.5 Å². The summed E-state index contributed by atoms with van der Waals surface area (Å²) in [4.78, 5) is 98.0. The standard InChI is InChI=1S/C39H59N5O9/c1-11-25(4)33-37(49)43(9)28(7)39(51)52-20-16-15-17-26(5)38(50)53-31(21-24(2)3)34(46)40-27(6)35(47)44(10)30(22-29-18-13-12-14-19-29)36(48)42(8)23-32(45)41-33/h12-14,17-19,24-25,27-28,30-31,33H,11,15-16,20-23H2,1-10H3,(H,40,46)(H,41,45)/b26-17+/t25?,27-,28-,30+,31?,33-/m0/s1. The van der Waals surface area contributed by atoms with Crippen molar-refractivity contribution in [1.82, 2.24) is 25.3 Å². The van der Waals surface area contributed by atoms with Crippen LogP contribution in [0.25, 0.3) is 0 Å². The molecule has 0 saturated carbocycles. The van der Waals surface area contributed by atoms with Gasteiger partial charge in [-0.3, -0.25) is 24.0 Å². The van der Waals surface area contributed by atoms with Crippen LogP contribution in [-0.2, 0) is 49.5 Å². The number of nitrogens with zero attached hydrogens (tertiary/aromatic N) is 3. The summed E-state index contributed by atoms with van der Waals surface area (Å²) in [6, 6.07) is 4.93. The highest BCUT2D eigenvalue weighted by Crippen LogP contribution is 2.17. The molecule has 2 rings (SSSR count). The van der Waals surface area contributed by atoms with Crippen LogP contribution in [0.15, 0.2) is 42.0 Å². The van der Waals surface area contributed by atoms with Gasteiger partial charge in [0.05, 0.1) is 13.2 Å². The number of hydrogen-bond acceptors (Lipinski definition) is 9. The van der Waals surface area contributed by atoms with E-state index in [0.29, 0.717) is 19.3 Å². The molecule has 0 saturated heterocycles. The van der Waals surface area contributed by atoms with Gasteiger partial charge in [-0.25, -0.2) is 9.59 Å². The van der Waals surface area contributed by atoms with E-state index in [1.54, 1.807) is 32.1 Å². The number of hydrogen-bond donors (Lipinski definition) is 2. The molecule has 1 aromatic carbocycles. The maximum Gasteiger partial charge on any atom is 0.334 e. The Labute approximate surface area is 314 Å². The van der Waals surface area contributed by atoms with Gasteiger partial charge in [0.15, 0.2) is 6.10 Å². The van der Waals surface area contributed by atoms with Gasteiger partial charge in [0, 0.05) is 33.1 Å². The molecule has 6 atom stereocenters. The van der Waals surface area contributed by atoms with Gasteiger partial charge in [0.2, 0.25) is 23.6 Å². The van der Waals surface area contributed by atoms with Gasteiger partial charge in [-0.1, -0.05) is 70.5 Å². The van der Waals surface area contributed by atoms with Crippen LogP contribution >= 0.6 is 0 Å². The number of amides is 5. The first kappa shape index (κ1) is 44.4. The average molecular weight is 742 g/mol. The molecule has 1 aliphatic rings. The second kappa shape index (κ2) is 21.1. The summed E-state index contributed by atoms with van der Waals surface area (Å²) in [5, 5.41) is 5.42. The fraction of sp³-hybridized carbons (Fsp3) is 0.615. The molecular formula is C39H59N5O9. The molecule has 2 N–H and O–H groups in total. The average Bonchev–Trinajstić information content (AvgIpc) is 3.12. The Hall–Kier alpha value is -4.75. The second-order valence-corrected chi connectivity index (χ2v) is 14.4. The van der Waals surface area contributed by atoms with Crippen LogP contribution in [0.4, 0.5) is 0 Å². The Bertz CT molecular complexity index is 1480. The van der Waals surface area contributed by atoms with Crippen LogP contribution in [0, 0.1) is 11.8 Å². The van der Waals surface area contributed by atoms with Crippen LogP contribution in [0.3, 0.4) is 0 Å². The van der Waals surface area contributed by atoms with E-state index < -0.39 is 78.3 Å². The molecular weight excluding hydrogens is 682 g/mol. The summed E-state index contributed by atoms with van der Waals surface area (Å²) in [7, 11) is 4.35. The molecule has 2 unspecified atom stereocenters. The lowest BCUT2D eigenvalue weighted by molar-refractivity contribution is -0.154. The first-order chi connectivity index (χ1) is 24.9. The summed E-state index contributed by atoms with van der Waals surface area (Å²) in [5.74, 6) is -4.54. The van der Waals surface area contributed by atoms with Gasteiger partial charge in [-0.15, -0.1) is 0 Å². The van der Waals surface area contributed by atoms with Crippen LogP contribution in [-0.4, -0.2) is 121 Å². The molecule has 0 bridgehead atoms. The van der Waals surface area contributed by atoms with Crippen molar-refractivity contribution >= 4 is 41.5 Å². The third-order valence-electron chi connectivity index (χ3n) is 9.52. The summed E-state index contributed by atoms with van der Waals surface area (Å²) in [6.07, 6.45) is 2.05. The zero-order chi connectivity index (χ0) is 40.0. The molecule has 0 spiro atoms. The molecule has 0 aromatic heterocycles. The van der Waals surface area contributed by atoms with Crippen molar-refractivity contribution in [2.75, 3.05) is 34.3 Å². The van der Waals surface area contributed by atoms with E-state index in [1.165, 1.54) is 49.7 Å². The molecule has 53 heavy (non-hydrogen) atoms. The Morgan fingerprint density at radius 1 is 0.868 bits per heavy atom. The number of ether oxygens (including phenoxy) is 2. The molecule has 1 aromatic rings. The Balaban J connectivity index is 2.52. The van der Waals surface area contributed by atoms with Crippen molar-refractivity contribution in [2.24, 2.45) is 11.8 Å². The maximum atomic E-state index is 14.0. The van der Waals surface area contributed by atoms with Gasteiger partial charge in [-0.2, -0.15) is 0 Å². The lowest BCUT2D eigenvalue weighted by Gasteiger charge is -2.33. The van der Waals surface area contributed by atoms with E-state index in [9.17, 15) is 33.6 Å². The highest BCUT2D eigenvalue weighted by Gasteiger charge is 2.36. The predicted octanol–water partition coefficient (Wildman–Crippen LogP) is 2.64. The van der Waals surface area contributed by atoms with Crippen molar-refractivity contribution in [1.29, 1.82) is 0 Å². The molecule has 1 aliphatic heterocycles. The number of rotatable bonds is 6. The zero-order valence-corrected chi connectivity index (χ0v) is 33.0. The number of carbonyl (C=O) groups is 7. The van der Waals surface area contributed by atoms with Crippen molar-refractivity contribution in [3.63, 3.8) is 0 Å². The first-order valence-corrected chi connectivity index (χ1v) is 18.4. The Morgan fingerprint density at radius 2 is 1.51 bits per heavy atom. The molecule has 14 heteroatoms. The summed E-state index contributed by atoms with van der Waals surface area (Å²) < 4.78 is 11.0. The minimum absolute atomic E-state index is 0.0277. The summed E-state index contributed by atoms with van der Waals surface area (Å²) in [6.45, 7) is 11.6. The van der Waals surface area contributed by atoms with E-state index >= 15 is 0 Å². The van der Waals surface area contributed by atoms with Crippen LogP contribution in [0.2, 0.25) is 0 Å². The van der Waals surface area contributed by atoms with Crippen LogP contribution in [0.1, 0.15) is 79.7 Å².